The van der Waals surface area contributed by atoms with Crippen LogP contribution < -0.4 is 20.3 Å². The maximum atomic E-state index is 12.6. The molecule has 0 saturated heterocycles. The summed E-state index contributed by atoms with van der Waals surface area (Å²) in [6.07, 6.45) is 1.85. The lowest BCUT2D eigenvalue weighted by Crippen LogP contribution is -2.45. The number of ether oxygens (including phenoxy) is 1. The summed E-state index contributed by atoms with van der Waals surface area (Å²) >= 11 is 0. The van der Waals surface area contributed by atoms with Gasteiger partial charge in [0.05, 0.1) is 16.7 Å². The molecule has 1 saturated carbocycles. The first-order valence-corrected chi connectivity index (χ1v) is 10.2. The van der Waals surface area contributed by atoms with Crippen molar-refractivity contribution in [1.29, 1.82) is 0 Å². The van der Waals surface area contributed by atoms with Crippen molar-refractivity contribution in [1.82, 2.24) is 5.32 Å². The molecule has 2 aliphatic rings. The molecule has 2 aromatic carbocycles. The van der Waals surface area contributed by atoms with Gasteiger partial charge in [-0.1, -0.05) is 12.1 Å². The zero-order valence-electron chi connectivity index (χ0n) is 17.4. The van der Waals surface area contributed by atoms with Crippen LogP contribution in [-0.2, 0) is 14.4 Å². The van der Waals surface area contributed by atoms with Crippen molar-refractivity contribution in [3.05, 3.63) is 58.1 Å². The molecule has 10 nitrogen and oxygen atoms in total. The summed E-state index contributed by atoms with van der Waals surface area (Å²) in [7, 11) is 0. The van der Waals surface area contributed by atoms with Crippen LogP contribution in [0.2, 0.25) is 0 Å². The number of hydrogen-bond acceptors (Lipinski definition) is 6. The third kappa shape index (κ3) is 4.69. The summed E-state index contributed by atoms with van der Waals surface area (Å²) in [5.41, 5.74) is 1.51. The number of nitro groups is 1. The summed E-state index contributed by atoms with van der Waals surface area (Å²) in [4.78, 5) is 48.5. The highest BCUT2D eigenvalue weighted by Gasteiger charge is 2.30. The molecule has 3 amide bonds. The number of nitro benzene ring substituents is 1. The molecule has 2 aromatic rings. The molecule has 1 unspecified atom stereocenters. The van der Waals surface area contributed by atoms with Gasteiger partial charge in [-0.2, -0.15) is 0 Å². The van der Waals surface area contributed by atoms with Gasteiger partial charge in [-0.05, 0) is 43.5 Å². The smallest absolute Gasteiger partial charge is 0.271 e. The van der Waals surface area contributed by atoms with Crippen molar-refractivity contribution in [3.63, 3.8) is 0 Å². The summed E-state index contributed by atoms with van der Waals surface area (Å²) in [6, 6.07) is 10.7. The third-order valence-electron chi connectivity index (χ3n) is 5.40. The minimum absolute atomic E-state index is 0.0230. The van der Waals surface area contributed by atoms with Gasteiger partial charge >= 0.3 is 0 Å². The molecule has 1 aliphatic heterocycles. The van der Waals surface area contributed by atoms with E-state index in [1.807, 2.05) is 12.1 Å². The average Bonchev–Trinajstić information content (AvgIpc) is 3.61. The van der Waals surface area contributed by atoms with Crippen molar-refractivity contribution in [2.45, 2.75) is 25.8 Å². The Labute approximate surface area is 183 Å². The number of benzene rings is 2. The van der Waals surface area contributed by atoms with E-state index in [1.165, 1.54) is 23.1 Å². The van der Waals surface area contributed by atoms with Gasteiger partial charge in [0.2, 0.25) is 11.8 Å². The fraction of sp³-hybridized carbons (Fsp3) is 0.318. The molecule has 0 aromatic heterocycles. The maximum absolute atomic E-state index is 12.6. The first kappa shape index (κ1) is 21.3. The molecule has 0 spiro atoms. The van der Waals surface area contributed by atoms with Crippen LogP contribution in [0.5, 0.6) is 5.75 Å². The summed E-state index contributed by atoms with van der Waals surface area (Å²) < 4.78 is 5.31. The average molecular weight is 438 g/mol. The van der Waals surface area contributed by atoms with Gasteiger partial charge in [-0.3, -0.25) is 29.4 Å². The van der Waals surface area contributed by atoms with Gasteiger partial charge in [0.15, 0.2) is 6.61 Å². The Kier molecular flexibility index (Phi) is 5.76. The monoisotopic (exact) mass is 438 g/mol. The molecule has 0 bridgehead atoms. The Balaban J connectivity index is 1.40. The first-order valence-electron chi connectivity index (χ1n) is 10.2. The predicted molar refractivity (Wildman–Crippen MR) is 115 cm³/mol. The number of carbonyl (C=O) groups is 3. The number of non-ortho nitro benzene ring substituents is 1. The second-order valence-corrected chi connectivity index (χ2v) is 7.85. The number of anilines is 2. The lowest BCUT2D eigenvalue weighted by Gasteiger charge is -2.29. The van der Waals surface area contributed by atoms with E-state index in [0.29, 0.717) is 11.4 Å². The Hall–Kier alpha value is -3.95. The summed E-state index contributed by atoms with van der Waals surface area (Å²) in [6.45, 7) is 1.26. The van der Waals surface area contributed by atoms with Crippen LogP contribution in [0.4, 0.5) is 17.1 Å². The molecule has 1 aliphatic carbocycles. The van der Waals surface area contributed by atoms with Gasteiger partial charge in [-0.15, -0.1) is 0 Å². The number of hydrogen-bond donors (Lipinski definition) is 2. The fourth-order valence-corrected chi connectivity index (χ4v) is 3.44. The van der Waals surface area contributed by atoms with Gasteiger partial charge in [0, 0.05) is 23.7 Å². The molecule has 166 valence electrons. The zero-order chi connectivity index (χ0) is 22.8. The van der Waals surface area contributed by atoms with E-state index in [4.69, 9.17) is 4.74 Å². The van der Waals surface area contributed by atoms with Crippen molar-refractivity contribution in [2.24, 2.45) is 5.92 Å². The highest BCUT2D eigenvalue weighted by atomic mass is 16.6. The summed E-state index contributed by atoms with van der Waals surface area (Å²) in [5.74, 6) is -0.440. The van der Waals surface area contributed by atoms with Crippen LogP contribution in [0, 0.1) is 16.0 Å². The number of carbonyl (C=O) groups excluding carboxylic acids is 3. The van der Waals surface area contributed by atoms with Crippen LogP contribution in [0.15, 0.2) is 42.5 Å². The van der Waals surface area contributed by atoms with E-state index in [0.717, 1.165) is 18.4 Å². The van der Waals surface area contributed by atoms with Crippen LogP contribution in [0.1, 0.15) is 31.4 Å². The Bertz CT molecular complexity index is 1080. The second kappa shape index (κ2) is 8.66. The number of nitrogens with zero attached hydrogens (tertiary/aromatic N) is 2. The SMILES string of the molecule is CC(NC(=O)CN1C(=O)COc2ccc([N+](=O)[O-])cc21)c1ccc(NC(=O)C2CC2)cc1. The standard InChI is InChI=1S/C22H22N4O6/c1-13(14-4-6-16(7-5-14)24-22(29)15-2-3-15)23-20(27)11-25-18-10-17(26(30)31)8-9-19(18)32-12-21(25)28/h4-10,13,15H,2-3,11-12H2,1H3,(H,23,27)(H,24,29). The summed E-state index contributed by atoms with van der Waals surface area (Å²) in [5, 5.41) is 16.8. The minimum atomic E-state index is -0.573. The first-order chi connectivity index (χ1) is 15.3. The Morgan fingerprint density at radius 1 is 1.22 bits per heavy atom. The van der Waals surface area contributed by atoms with E-state index >= 15 is 0 Å². The second-order valence-electron chi connectivity index (χ2n) is 7.85. The van der Waals surface area contributed by atoms with E-state index in [-0.39, 0.29) is 42.4 Å². The van der Waals surface area contributed by atoms with Crippen LogP contribution >= 0.6 is 0 Å². The lowest BCUT2D eigenvalue weighted by molar-refractivity contribution is -0.384. The predicted octanol–water partition coefficient (Wildman–Crippen LogP) is 2.55. The molecule has 2 N–H and O–H groups in total. The molecule has 1 fully saturated rings. The highest BCUT2D eigenvalue weighted by Crippen LogP contribution is 2.35. The van der Waals surface area contributed by atoms with Gasteiger partial charge in [-0.25, -0.2) is 0 Å². The van der Waals surface area contributed by atoms with Crippen LogP contribution in [0.25, 0.3) is 0 Å². The number of nitrogens with one attached hydrogen (secondary N) is 2. The van der Waals surface area contributed by atoms with Crippen molar-refractivity contribution in [3.8, 4) is 5.75 Å². The zero-order valence-corrected chi connectivity index (χ0v) is 17.4. The van der Waals surface area contributed by atoms with E-state index < -0.39 is 16.7 Å². The third-order valence-corrected chi connectivity index (χ3v) is 5.40. The Morgan fingerprint density at radius 3 is 2.59 bits per heavy atom. The highest BCUT2D eigenvalue weighted by molar-refractivity contribution is 6.02. The van der Waals surface area contributed by atoms with Crippen molar-refractivity contribution >= 4 is 34.8 Å². The molecule has 1 atom stereocenters. The molecule has 4 rings (SSSR count). The van der Waals surface area contributed by atoms with Gasteiger partial charge < -0.3 is 15.4 Å². The number of rotatable bonds is 7. The maximum Gasteiger partial charge on any atom is 0.271 e. The topological polar surface area (TPSA) is 131 Å². The molecule has 0 radical (unpaired) electrons. The van der Waals surface area contributed by atoms with Gasteiger partial charge in [0.1, 0.15) is 12.3 Å². The molecular weight excluding hydrogens is 416 g/mol. The van der Waals surface area contributed by atoms with Crippen LogP contribution in [0.3, 0.4) is 0 Å². The normalized spacial score (nSPS) is 15.9. The van der Waals surface area contributed by atoms with E-state index in [1.54, 1.807) is 19.1 Å². The molecule has 1 heterocycles. The molecule has 32 heavy (non-hydrogen) atoms. The minimum Gasteiger partial charge on any atom is -0.482 e. The molecule has 10 heteroatoms. The lowest BCUT2D eigenvalue weighted by atomic mass is 10.1. The fourth-order valence-electron chi connectivity index (χ4n) is 3.44. The van der Waals surface area contributed by atoms with E-state index in [2.05, 4.69) is 10.6 Å². The van der Waals surface area contributed by atoms with Crippen LogP contribution in [-0.4, -0.2) is 35.8 Å². The largest absolute Gasteiger partial charge is 0.482 e. The van der Waals surface area contributed by atoms with Crippen molar-refractivity contribution < 1.29 is 24.0 Å². The Morgan fingerprint density at radius 2 is 1.94 bits per heavy atom. The molecular formula is C22H22N4O6. The quantitative estimate of drug-likeness (QED) is 0.505. The van der Waals surface area contributed by atoms with E-state index in [9.17, 15) is 24.5 Å². The van der Waals surface area contributed by atoms with Gasteiger partial charge in [0.25, 0.3) is 11.6 Å². The van der Waals surface area contributed by atoms with Crippen molar-refractivity contribution in [2.75, 3.05) is 23.4 Å². The number of amides is 3. The number of fused-ring (bicyclic) bond motifs is 1.